The van der Waals surface area contributed by atoms with Crippen molar-refractivity contribution in [3.63, 3.8) is 0 Å². The van der Waals surface area contributed by atoms with Crippen molar-refractivity contribution >= 4 is 24.8 Å². The first kappa shape index (κ1) is 15.5. The molecule has 0 unspecified atom stereocenters. The molecule has 2 aliphatic rings. The third kappa shape index (κ3) is 4.08. The van der Waals surface area contributed by atoms with Crippen molar-refractivity contribution in [1.82, 2.24) is 10.2 Å². The third-order valence-electron chi connectivity index (χ3n) is 3.27. The van der Waals surface area contributed by atoms with Crippen molar-refractivity contribution in [3.8, 4) is 0 Å². The van der Waals surface area contributed by atoms with Gasteiger partial charge in [-0.05, 0) is 38.9 Å². The van der Waals surface area contributed by atoms with Crippen LogP contribution in [0.15, 0.2) is 0 Å². The largest absolute Gasteiger partial charge is 0.390 e. The van der Waals surface area contributed by atoms with E-state index in [9.17, 15) is 5.11 Å². The lowest BCUT2D eigenvalue weighted by atomic mass is 9.99. The Labute approximate surface area is 104 Å². The molecular weight excluding hydrogens is 235 g/mol. The molecular formula is C10H22Cl2N2O. The minimum atomic E-state index is -0.146. The predicted octanol–water partition coefficient (Wildman–Crippen LogP) is 1.04. The van der Waals surface area contributed by atoms with E-state index in [1.54, 1.807) is 0 Å². The van der Waals surface area contributed by atoms with Crippen LogP contribution >= 0.6 is 24.8 Å². The molecule has 2 heterocycles. The zero-order valence-electron chi connectivity index (χ0n) is 9.02. The first-order chi connectivity index (χ1) is 6.38. The van der Waals surface area contributed by atoms with Crippen LogP contribution in [0.4, 0.5) is 0 Å². The Morgan fingerprint density at radius 1 is 1.07 bits per heavy atom. The average Bonchev–Trinajstić information content (AvgIpc) is 2.20. The molecule has 5 heteroatoms. The van der Waals surface area contributed by atoms with Gasteiger partial charge in [-0.3, -0.25) is 4.90 Å². The summed E-state index contributed by atoms with van der Waals surface area (Å²) >= 11 is 0. The van der Waals surface area contributed by atoms with E-state index in [-0.39, 0.29) is 30.9 Å². The van der Waals surface area contributed by atoms with Crippen molar-refractivity contribution in [1.29, 1.82) is 0 Å². The first-order valence-corrected chi connectivity index (χ1v) is 5.51. The molecule has 0 aromatic heterocycles. The number of rotatable bonds is 1. The highest BCUT2D eigenvalue weighted by Crippen LogP contribution is 2.18. The number of hydrogen-bond donors (Lipinski definition) is 2. The molecule has 2 N–H and O–H groups in total. The second-order valence-corrected chi connectivity index (χ2v) is 4.22. The van der Waals surface area contributed by atoms with Gasteiger partial charge in [-0.25, -0.2) is 0 Å². The smallest absolute Gasteiger partial charge is 0.0819 e. The summed E-state index contributed by atoms with van der Waals surface area (Å²) in [5.41, 5.74) is 0. The van der Waals surface area contributed by atoms with E-state index in [0.29, 0.717) is 6.04 Å². The Bertz CT molecular complexity index is 166. The van der Waals surface area contributed by atoms with Crippen LogP contribution in [0.3, 0.4) is 0 Å². The molecule has 0 spiro atoms. The molecule has 0 aliphatic carbocycles. The number of nitrogens with one attached hydrogen (secondary N) is 1. The topological polar surface area (TPSA) is 35.5 Å². The van der Waals surface area contributed by atoms with Crippen molar-refractivity contribution in [2.45, 2.75) is 37.8 Å². The quantitative estimate of drug-likeness (QED) is 0.736. The molecule has 0 aromatic rings. The van der Waals surface area contributed by atoms with E-state index < -0.39 is 0 Å². The van der Waals surface area contributed by atoms with E-state index in [2.05, 4.69) is 10.2 Å². The van der Waals surface area contributed by atoms with Gasteiger partial charge < -0.3 is 10.4 Å². The number of piperidine rings is 2. The SMILES string of the molecule is Cl.Cl.O[C@@H]1CNCC[C@H]1N1CCCCC1. The molecule has 92 valence electrons. The van der Waals surface area contributed by atoms with Crippen LogP contribution in [0.2, 0.25) is 0 Å². The Balaban J connectivity index is 0.000000980. The maximum atomic E-state index is 9.82. The highest BCUT2D eigenvalue weighted by molar-refractivity contribution is 5.85. The molecule has 2 rings (SSSR count). The Hall–Kier alpha value is 0.460. The maximum Gasteiger partial charge on any atom is 0.0819 e. The summed E-state index contributed by atoms with van der Waals surface area (Å²) in [6.07, 6.45) is 4.97. The lowest BCUT2D eigenvalue weighted by molar-refractivity contribution is 0.0199. The second kappa shape index (κ2) is 7.69. The number of aliphatic hydroxyl groups is 1. The van der Waals surface area contributed by atoms with Crippen LogP contribution in [-0.4, -0.2) is 48.3 Å². The number of aliphatic hydroxyl groups excluding tert-OH is 1. The van der Waals surface area contributed by atoms with Crippen molar-refractivity contribution in [2.24, 2.45) is 0 Å². The second-order valence-electron chi connectivity index (χ2n) is 4.22. The molecule has 0 amide bonds. The minimum absolute atomic E-state index is 0. The van der Waals surface area contributed by atoms with E-state index >= 15 is 0 Å². The Kier molecular flexibility index (Phi) is 7.92. The van der Waals surface area contributed by atoms with Crippen molar-refractivity contribution in [2.75, 3.05) is 26.2 Å². The minimum Gasteiger partial charge on any atom is -0.390 e. The molecule has 0 aromatic carbocycles. The Morgan fingerprint density at radius 3 is 2.33 bits per heavy atom. The third-order valence-corrected chi connectivity index (χ3v) is 3.27. The number of likely N-dealkylation sites (tertiary alicyclic amines) is 1. The lowest BCUT2D eigenvalue weighted by Crippen LogP contribution is -2.54. The van der Waals surface area contributed by atoms with Crippen LogP contribution < -0.4 is 5.32 Å². The van der Waals surface area contributed by atoms with Crippen LogP contribution in [0, 0.1) is 0 Å². The van der Waals surface area contributed by atoms with Gasteiger partial charge in [-0.2, -0.15) is 0 Å². The molecule has 2 aliphatic heterocycles. The molecule has 0 saturated carbocycles. The average molecular weight is 257 g/mol. The van der Waals surface area contributed by atoms with Crippen LogP contribution in [-0.2, 0) is 0 Å². The van der Waals surface area contributed by atoms with Gasteiger partial charge in [0.1, 0.15) is 0 Å². The van der Waals surface area contributed by atoms with Gasteiger partial charge >= 0.3 is 0 Å². The van der Waals surface area contributed by atoms with Gasteiger partial charge in [0, 0.05) is 12.6 Å². The first-order valence-electron chi connectivity index (χ1n) is 5.51. The lowest BCUT2D eigenvalue weighted by Gasteiger charge is -2.39. The van der Waals surface area contributed by atoms with E-state index in [1.807, 2.05) is 0 Å². The fourth-order valence-corrected chi connectivity index (χ4v) is 2.50. The van der Waals surface area contributed by atoms with E-state index in [1.165, 1.54) is 32.4 Å². The maximum absolute atomic E-state index is 9.82. The summed E-state index contributed by atoms with van der Waals surface area (Å²) < 4.78 is 0. The van der Waals surface area contributed by atoms with Crippen molar-refractivity contribution < 1.29 is 5.11 Å². The highest BCUT2D eigenvalue weighted by Gasteiger charge is 2.28. The zero-order valence-corrected chi connectivity index (χ0v) is 10.7. The zero-order chi connectivity index (χ0) is 9.10. The summed E-state index contributed by atoms with van der Waals surface area (Å²) in [7, 11) is 0. The summed E-state index contributed by atoms with van der Waals surface area (Å²) in [4.78, 5) is 2.48. The fraction of sp³-hybridized carbons (Fsp3) is 1.00. The Morgan fingerprint density at radius 2 is 1.73 bits per heavy atom. The van der Waals surface area contributed by atoms with Crippen LogP contribution in [0.1, 0.15) is 25.7 Å². The van der Waals surface area contributed by atoms with Gasteiger partial charge in [-0.1, -0.05) is 6.42 Å². The van der Waals surface area contributed by atoms with Gasteiger partial charge in [-0.15, -0.1) is 24.8 Å². The van der Waals surface area contributed by atoms with E-state index in [4.69, 9.17) is 0 Å². The number of β-amino-alcohol motifs (C(OH)–C–C–N with tert-alkyl or cyclic N) is 1. The molecule has 0 radical (unpaired) electrons. The summed E-state index contributed by atoms with van der Waals surface area (Å²) in [6, 6.07) is 0.432. The van der Waals surface area contributed by atoms with Gasteiger partial charge in [0.25, 0.3) is 0 Å². The molecule has 2 atom stereocenters. The normalized spacial score (nSPS) is 32.6. The van der Waals surface area contributed by atoms with Gasteiger partial charge in [0.2, 0.25) is 0 Å². The summed E-state index contributed by atoms with van der Waals surface area (Å²) in [5, 5.41) is 13.0. The summed E-state index contributed by atoms with van der Waals surface area (Å²) in [6.45, 7) is 4.24. The number of hydrogen-bond acceptors (Lipinski definition) is 3. The van der Waals surface area contributed by atoms with Gasteiger partial charge in [0.15, 0.2) is 0 Å². The van der Waals surface area contributed by atoms with Crippen molar-refractivity contribution in [3.05, 3.63) is 0 Å². The van der Waals surface area contributed by atoms with Crippen LogP contribution in [0.5, 0.6) is 0 Å². The molecule has 15 heavy (non-hydrogen) atoms. The number of nitrogens with zero attached hydrogens (tertiary/aromatic N) is 1. The highest BCUT2D eigenvalue weighted by atomic mass is 35.5. The molecule has 0 bridgehead atoms. The number of halogens is 2. The predicted molar refractivity (Wildman–Crippen MR) is 67.2 cm³/mol. The monoisotopic (exact) mass is 256 g/mol. The van der Waals surface area contributed by atoms with Crippen LogP contribution in [0.25, 0.3) is 0 Å². The molecule has 2 saturated heterocycles. The fourth-order valence-electron chi connectivity index (χ4n) is 2.50. The molecule has 2 fully saturated rings. The van der Waals surface area contributed by atoms with E-state index in [0.717, 1.165) is 19.5 Å². The van der Waals surface area contributed by atoms with Gasteiger partial charge in [0.05, 0.1) is 6.10 Å². The standard InChI is InChI=1S/C10H20N2O.2ClH/c13-10-8-11-5-4-9(10)12-6-2-1-3-7-12;;/h9-11,13H,1-8H2;2*1H/t9-,10-;;/m1../s1. The molecule has 3 nitrogen and oxygen atoms in total. The summed E-state index contributed by atoms with van der Waals surface area (Å²) in [5.74, 6) is 0.